The molecule has 3 aromatic rings. The van der Waals surface area contributed by atoms with Crippen molar-refractivity contribution in [2.24, 2.45) is 0 Å². The maximum Gasteiger partial charge on any atom is 0.247 e. The molecule has 2 heterocycles. The third-order valence-corrected chi connectivity index (χ3v) is 5.98. The summed E-state index contributed by atoms with van der Waals surface area (Å²) < 4.78 is 7.23. The van der Waals surface area contributed by atoms with Gasteiger partial charge in [0.25, 0.3) is 0 Å². The Morgan fingerprint density at radius 3 is 2.68 bits per heavy atom. The van der Waals surface area contributed by atoms with E-state index in [9.17, 15) is 4.79 Å². The van der Waals surface area contributed by atoms with Gasteiger partial charge < -0.3 is 4.74 Å². The third-order valence-electron chi connectivity index (χ3n) is 4.76. The summed E-state index contributed by atoms with van der Waals surface area (Å²) in [6, 6.07) is 15.6. The molecule has 0 aliphatic carbocycles. The zero-order valence-electron chi connectivity index (χ0n) is 17.4. The first-order valence-electron chi connectivity index (χ1n) is 9.85. The van der Waals surface area contributed by atoms with Crippen LogP contribution in [0.15, 0.2) is 63.7 Å². The van der Waals surface area contributed by atoms with Gasteiger partial charge in [0.2, 0.25) is 23.2 Å². The van der Waals surface area contributed by atoms with Gasteiger partial charge in [-0.25, -0.2) is 0 Å². The van der Waals surface area contributed by atoms with E-state index in [-0.39, 0.29) is 5.91 Å². The lowest BCUT2D eigenvalue weighted by Gasteiger charge is -2.30. The molecule has 31 heavy (non-hydrogen) atoms. The second kappa shape index (κ2) is 9.20. The molecule has 1 aliphatic heterocycles. The van der Waals surface area contributed by atoms with Crippen LogP contribution in [0.25, 0.3) is 17.3 Å². The summed E-state index contributed by atoms with van der Waals surface area (Å²) >= 11 is 5.01. The number of hydrogen-bond acceptors (Lipinski definition) is 6. The highest BCUT2D eigenvalue weighted by Crippen LogP contribution is 2.42. The molecule has 0 saturated carbocycles. The fraction of sp³-hybridized carbons (Fsp3) is 0.217. The van der Waals surface area contributed by atoms with Crippen molar-refractivity contribution in [2.45, 2.75) is 32.2 Å². The van der Waals surface area contributed by atoms with E-state index in [4.69, 9.17) is 4.74 Å². The van der Waals surface area contributed by atoms with Crippen molar-refractivity contribution in [2.75, 3.05) is 10.7 Å². The zero-order chi connectivity index (χ0) is 22.0. The first-order valence-corrected chi connectivity index (χ1v) is 11.6. The molecule has 158 valence electrons. The molecule has 0 spiro atoms. The number of halogens is 1. The number of carbonyl (C=O) groups is 1. The van der Waals surface area contributed by atoms with Gasteiger partial charge in [-0.2, -0.15) is 4.98 Å². The number of aromatic nitrogens is 3. The predicted octanol–water partition coefficient (Wildman–Crippen LogP) is 5.59. The van der Waals surface area contributed by atoms with Crippen LogP contribution < -0.4 is 9.64 Å². The van der Waals surface area contributed by atoms with Crippen molar-refractivity contribution in [3.8, 4) is 17.1 Å². The minimum absolute atomic E-state index is 0.140. The molecule has 0 radical (unpaired) electrons. The first-order chi connectivity index (χ1) is 15.0. The van der Waals surface area contributed by atoms with Crippen LogP contribution in [0.1, 0.15) is 26.3 Å². The van der Waals surface area contributed by atoms with Crippen LogP contribution in [0.4, 0.5) is 5.69 Å². The standard InChI is InChI=1S/C23H21BrN4O2S/c1-4-31-23-25-21-20(26-27-23)18-13-17(24)10-11-19(18)28(15(3)29)22(30-21)14(2)12-16-8-6-5-7-9-16/h5-13,22H,4H2,1-3H3/b14-12-/t22-/m1/s1. The average molecular weight is 497 g/mol. The van der Waals surface area contributed by atoms with E-state index in [1.54, 1.807) is 4.90 Å². The van der Waals surface area contributed by atoms with Crippen molar-refractivity contribution in [1.29, 1.82) is 0 Å². The van der Waals surface area contributed by atoms with E-state index in [0.29, 0.717) is 22.4 Å². The molecule has 0 N–H and O–H groups in total. The lowest BCUT2D eigenvalue weighted by atomic mass is 10.1. The number of carbonyl (C=O) groups excluding carboxylic acids is 1. The smallest absolute Gasteiger partial charge is 0.247 e. The minimum atomic E-state index is -0.671. The summed E-state index contributed by atoms with van der Waals surface area (Å²) in [6.07, 6.45) is 1.34. The number of rotatable bonds is 4. The van der Waals surface area contributed by atoms with Crippen molar-refractivity contribution in [1.82, 2.24) is 15.2 Å². The summed E-state index contributed by atoms with van der Waals surface area (Å²) in [5, 5.41) is 9.20. The quantitative estimate of drug-likeness (QED) is 0.438. The van der Waals surface area contributed by atoms with Gasteiger partial charge in [0.15, 0.2) is 5.69 Å². The fourth-order valence-electron chi connectivity index (χ4n) is 3.45. The number of hydrogen-bond donors (Lipinski definition) is 0. The predicted molar refractivity (Wildman–Crippen MR) is 127 cm³/mol. The molecule has 1 aromatic heterocycles. The number of amides is 1. The number of nitrogens with zero attached hydrogens (tertiary/aromatic N) is 4. The number of fused-ring (bicyclic) bond motifs is 3. The summed E-state index contributed by atoms with van der Waals surface area (Å²) in [7, 11) is 0. The number of anilines is 1. The molecule has 8 heteroatoms. The van der Waals surface area contributed by atoms with E-state index in [1.165, 1.54) is 18.7 Å². The molecular weight excluding hydrogens is 476 g/mol. The number of thioether (sulfide) groups is 1. The van der Waals surface area contributed by atoms with Crippen molar-refractivity contribution in [3.63, 3.8) is 0 Å². The molecule has 0 saturated heterocycles. The highest BCUT2D eigenvalue weighted by atomic mass is 79.9. The Balaban J connectivity index is 1.91. The van der Waals surface area contributed by atoms with Crippen LogP contribution in [-0.2, 0) is 4.79 Å². The normalized spacial score (nSPS) is 15.5. The minimum Gasteiger partial charge on any atom is -0.447 e. The van der Waals surface area contributed by atoms with Crippen molar-refractivity contribution >= 4 is 45.4 Å². The molecule has 0 bridgehead atoms. The SMILES string of the molecule is CCSc1nnc2c(n1)O[C@H](/C(C)=C\c1ccccc1)N(C(C)=O)c1ccc(Br)cc1-2. The highest BCUT2D eigenvalue weighted by molar-refractivity contribution is 9.10. The molecule has 1 atom stereocenters. The molecular formula is C23H21BrN4O2S. The summed E-state index contributed by atoms with van der Waals surface area (Å²) in [5.74, 6) is 1.04. The fourth-order valence-corrected chi connectivity index (χ4v) is 4.31. The maximum absolute atomic E-state index is 12.8. The summed E-state index contributed by atoms with van der Waals surface area (Å²) in [4.78, 5) is 19.1. The van der Waals surface area contributed by atoms with Gasteiger partial charge >= 0.3 is 0 Å². The van der Waals surface area contributed by atoms with Gasteiger partial charge in [-0.3, -0.25) is 9.69 Å². The van der Waals surface area contributed by atoms with E-state index in [2.05, 4.69) is 31.1 Å². The Morgan fingerprint density at radius 2 is 1.97 bits per heavy atom. The van der Waals surface area contributed by atoms with Gasteiger partial charge in [-0.15, -0.1) is 10.2 Å². The Hall–Kier alpha value is -2.71. The lowest BCUT2D eigenvalue weighted by molar-refractivity contribution is -0.117. The van der Waals surface area contributed by atoms with Gasteiger partial charge in [-0.05, 0) is 42.0 Å². The Kier molecular flexibility index (Phi) is 6.38. The topological polar surface area (TPSA) is 68.2 Å². The first kappa shape index (κ1) is 21.5. The largest absolute Gasteiger partial charge is 0.447 e. The van der Waals surface area contributed by atoms with Gasteiger partial charge in [0.1, 0.15) is 0 Å². The van der Waals surface area contributed by atoms with Crippen LogP contribution in [0.3, 0.4) is 0 Å². The molecule has 0 unspecified atom stereocenters. The monoisotopic (exact) mass is 496 g/mol. The zero-order valence-corrected chi connectivity index (χ0v) is 19.8. The Labute approximate surface area is 193 Å². The molecule has 4 rings (SSSR count). The van der Waals surface area contributed by atoms with Gasteiger partial charge in [0, 0.05) is 17.0 Å². The molecule has 2 aromatic carbocycles. The van der Waals surface area contributed by atoms with Crippen molar-refractivity contribution in [3.05, 3.63) is 64.1 Å². The van der Waals surface area contributed by atoms with Crippen LogP contribution in [0.2, 0.25) is 0 Å². The summed E-state index contributed by atoms with van der Waals surface area (Å²) in [6.45, 7) is 5.51. The van der Waals surface area contributed by atoms with Crippen LogP contribution >= 0.6 is 27.7 Å². The van der Waals surface area contributed by atoms with Crippen LogP contribution in [0, 0.1) is 0 Å². The Morgan fingerprint density at radius 1 is 1.19 bits per heavy atom. The molecule has 1 aliphatic rings. The Bertz CT molecular complexity index is 1150. The van der Waals surface area contributed by atoms with E-state index in [1.807, 2.05) is 68.5 Å². The van der Waals surface area contributed by atoms with Crippen LogP contribution in [-0.4, -0.2) is 33.1 Å². The lowest BCUT2D eigenvalue weighted by Crippen LogP contribution is -2.43. The molecule has 1 amide bonds. The van der Waals surface area contributed by atoms with Crippen LogP contribution in [0.5, 0.6) is 5.88 Å². The average Bonchev–Trinajstić information content (AvgIpc) is 2.89. The second-order valence-electron chi connectivity index (χ2n) is 7.00. The van der Waals surface area contributed by atoms with E-state index in [0.717, 1.165) is 26.9 Å². The summed E-state index contributed by atoms with van der Waals surface area (Å²) in [5.41, 5.74) is 3.84. The van der Waals surface area contributed by atoms with Gasteiger partial charge in [-0.1, -0.05) is 71.0 Å². The molecule has 6 nitrogen and oxygen atoms in total. The molecule has 0 fully saturated rings. The van der Waals surface area contributed by atoms with E-state index < -0.39 is 6.23 Å². The maximum atomic E-state index is 12.8. The highest BCUT2D eigenvalue weighted by Gasteiger charge is 2.34. The number of ether oxygens (including phenoxy) is 1. The van der Waals surface area contributed by atoms with Gasteiger partial charge in [0.05, 0.1) is 5.69 Å². The van der Waals surface area contributed by atoms with Crippen molar-refractivity contribution < 1.29 is 9.53 Å². The second-order valence-corrected chi connectivity index (χ2v) is 9.15. The third kappa shape index (κ3) is 4.50. The number of benzene rings is 2. The van der Waals surface area contributed by atoms with E-state index >= 15 is 0 Å².